The Kier molecular flexibility index (Phi) is 8.19. The van der Waals surface area contributed by atoms with Crippen LogP contribution in [0.1, 0.15) is 24.2 Å². The van der Waals surface area contributed by atoms with Crippen LogP contribution in [0.2, 0.25) is 0 Å². The maximum atomic E-state index is 13.0. The summed E-state index contributed by atoms with van der Waals surface area (Å²) in [5, 5.41) is 2.80. The Morgan fingerprint density at radius 1 is 1.03 bits per heavy atom. The lowest BCUT2D eigenvalue weighted by Gasteiger charge is -2.37. The second-order valence-electron chi connectivity index (χ2n) is 7.31. The predicted octanol–water partition coefficient (Wildman–Crippen LogP) is 1.87. The SMILES string of the molecule is COc1cc(OC)cc(C(=O)NC(C(=O)N2CCN(CC(F)F)CC2)C(C)C)c1. The number of carbonyl (C=O) groups is 2. The first-order chi connectivity index (χ1) is 13.7. The molecule has 162 valence electrons. The van der Waals surface area contributed by atoms with E-state index < -0.39 is 18.4 Å². The summed E-state index contributed by atoms with van der Waals surface area (Å²) < 4.78 is 35.4. The van der Waals surface area contributed by atoms with E-state index in [2.05, 4.69) is 5.32 Å². The molecule has 7 nitrogen and oxygen atoms in total. The van der Waals surface area contributed by atoms with Crippen LogP contribution >= 0.6 is 0 Å². The molecule has 9 heteroatoms. The van der Waals surface area contributed by atoms with Crippen LogP contribution in [0.15, 0.2) is 18.2 Å². The number of nitrogens with one attached hydrogen (secondary N) is 1. The van der Waals surface area contributed by atoms with Crippen LogP contribution in [0.4, 0.5) is 8.78 Å². The smallest absolute Gasteiger partial charge is 0.252 e. The fraction of sp³-hybridized carbons (Fsp3) is 0.600. The maximum Gasteiger partial charge on any atom is 0.252 e. The summed E-state index contributed by atoms with van der Waals surface area (Å²) in [6.45, 7) is 4.91. The van der Waals surface area contributed by atoms with Crippen LogP contribution < -0.4 is 14.8 Å². The van der Waals surface area contributed by atoms with E-state index >= 15 is 0 Å². The van der Waals surface area contributed by atoms with Crippen molar-refractivity contribution in [2.45, 2.75) is 26.3 Å². The fourth-order valence-electron chi connectivity index (χ4n) is 3.22. The van der Waals surface area contributed by atoms with E-state index in [-0.39, 0.29) is 18.4 Å². The highest BCUT2D eigenvalue weighted by molar-refractivity contribution is 5.98. The lowest BCUT2D eigenvalue weighted by molar-refractivity contribution is -0.136. The fourth-order valence-corrected chi connectivity index (χ4v) is 3.22. The van der Waals surface area contributed by atoms with Crippen molar-refractivity contribution < 1.29 is 27.8 Å². The van der Waals surface area contributed by atoms with E-state index in [1.807, 2.05) is 13.8 Å². The molecule has 2 rings (SSSR count). The predicted molar refractivity (Wildman–Crippen MR) is 105 cm³/mol. The van der Waals surface area contributed by atoms with Crippen molar-refractivity contribution in [2.75, 3.05) is 46.9 Å². The molecule has 1 heterocycles. The number of halogens is 2. The molecule has 1 atom stereocenters. The molecule has 2 amide bonds. The molecule has 0 saturated carbocycles. The number of hydrogen-bond donors (Lipinski definition) is 1. The third-order valence-electron chi connectivity index (χ3n) is 4.91. The minimum Gasteiger partial charge on any atom is -0.497 e. The largest absolute Gasteiger partial charge is 0.497 e. The second kappa shape index (κ2) is 10.4. The Labute approximate surface area is 169 Å². The number of hydrogen-bond acceptors (Lipinski definition) is 5. The Hall–Kier alpha value is -2.42. The third-order valence-corrected chi connectivity index (χ3v) is 4.91. The highest BCUT2D eigenvalue weighted by Crippen LogP contribution is 2.23. The van der Waals surface area contributed by atoms with E-state index in [9.17, 15) is 18.4 Å². The number of alkyl halides is 2. The van der Waals surface area contributed by atoms with Gasteiger partial charge < -0.3 is 19.7 Å². The summed E-state index contributed by atoms with van der Waals surface area (Å²) in [6.07, 6.45) is -2.39. The van der Waals surface area contributed by atoms with Crippen molar-refractivity contribution in [2.24, 2.45) is 5.92 Å². The quantitative estimate of drug-likeness (QED) is 0.705. The Morgan fingerprint density at radius 3 is 2.03 bits per heavy atom. The van der Waals surface area contributed by atoms with Gasteiger partial charge in [0.1, 0.15) is 17.5 Å². The molecule has 0 spiro atoms. The normalized spacial score (nSPS) is 16.1. The van der Waals surface area contributed by atoms with E-state index in [0.717, 1.165) is 0 Å². The van der Waals surface area contributed by atoms with Gasteiger partial charge in [-0.15, -0.1) is 0 Å². The molecule has 1 saturated heterocycles. The number of amides is 2. The van der Waals surface area contributed by atoms with Gasteiger partial charge in [0.15, 0.2) is 0 Å². The standard InChI is InChI=1S/C20H29F2N3O4/c1-13(2)18(20(27)25-7-5-24(6-8-25)12-17(21)22)23-19(26)14-9-15(28-3)11-16(10-14)29-4/h9-11,13,17-18H,5-8,12H2,1-4H3,(H,23,26). The van der Waals surface area contributed by atoms with Crippen molar-refractivity contribution in [1.82, 2.24) is 15.1 Å². The first kappa shape index (κ1) is 22.9. The molecule has 0 aliphatic carbocycles. The summed E-state index contributed by atoms with van der Waals surface area (Å²) in [7, 11) is 2.98. The molecule has 1 N–H and O–H groups in total. The summed E-state index contributed by atoms with van der Waals surface area (Å²) in [5.41, 5.74) is 0.321. The zero-order chi connectivity index (χ0) is 21.6. The Morgan fingerprint density at radius 2 is 1.59 bits per heavy atom. The van der Waals surface area contributed by atoms with Gasteiger partial charge in [0.05, 0.1) is 20.8 Å². The van der Waals surface area contributed by atoms with Crippen LogP contribution in [0.5, 0.6) is 11.5 Å². The molecule has 29 heavy (non-hydrogen) atoms. The molecular weight excluding hydrogens is 384 g/mol. The van der Waals surface area contributed by atoms with Crippen molar-refractivity contribution in [3.8, 4) is 11.5 Å². The molecule has 0 bridgehead atoms. The number of nitrogens with zero attached hydrogens (tertiary/aromatic N) is 2. The lowest BCUT2D eigenvalue weighted by Crippen LogP contribution is -2.56. The monoisotopic (exact) mass is 413 g/mol. The van der Waals surface area contributed by atoms with Crippen LogP contribution in [0.3, 0.4) is 0 Å². The Bertz CT molecular complexity index is 685. The van der Waals surface area contributed by atoms with Crippen molar-refractivity contribution >= 4 is 11.8 Å². The summed E-state index contributed by atoms with van der Waals surface area (Å²) in [6, 6.07) is 4.08. The molecule has 1 aromatic carbocycles. The number of rotatable bonds is 8. The number of ether oxygens (including phenoxy) is 2. The lowest BCUT2D eigenvalue weighted by atomic mass is 10.0. The number of methoxy groups -OCH3 is 2. The minimum atomic E-state index is -2.39. The van der Waals surface area contributed by atoms with Gasteiger partial charge in [0, 0.05) is 37.8 Å². The number of benzene rings is 1. The number of piperazine rings is 1. The van der Waals surface area contributed by atoms with Crippen LogP contribution in [-0.4, -0.2) is 81.0 Å². The van der Waals surface area contributed by atoms with E-state index in [1.165, 1.54) is 14.2 Å². The third kappa shape index (κ3) is 6.28. The molecule has 1 aliphatic rings. The van der Waals surface area contributed by atoms with Gasteiger partial charge in [0.2, 0.25) is 5.91 Å². The zero-order valence-corrected chi connectivity index (χ0v) is 17.3. The molecular formula is C20H29F2N3O4. The van der Waals surface area contributed by atoms with Crippen LogP contribution in [-0.2, 0) is 4.79 Å². The summed E-state index contributed by atoms with van der Waals surface area (Å²) >= 11 is 0. The van der Waals surface area contributed by atoms with E-state index in [0.29, 0.717) is 43.2 Å². The second-order valence-corrected chi connectivity index (χ2v) is 7.31. The zero-order valence-electron chi connectivity index (χ0n) is 17.3. The summed E-state index contributed by atoms with van der Waals surface area (Å²) in [5.74, 6) is 0.178. The van der Waals surface area contributed by atoms with E-state index in [1.54, 1.807) is 28.0 Å². The highest BCUT2D eigenvalue weighted by atomic mass is 19.3. The molecule has 0 aromatic heterocycles. The molecule has 1 aromatic rings. The van der Waals surface area contributed by atoms with E-state index in [4.69, 9.17) is 9.47 Å². The van der Waals surface area contributed by atoms with Gasteiger partial charge in [-0.05, 0) is 18.1 Å². The van der Waals surface area contributed by atoms with Gasteiger partial charge in [0.25, 0.3) is 12.3 Å². The first-order valence-electron chi connectivity index (χ1n) is 9.58. The van der Waals surface area contributed by atoms with Crippen molar-refractivity contribution in [3.05, 3.63) is 23.8 Å². The highest BCUT2D eigenvalue weighted by Gasteiger charge is 2.31. The molecule has 1 unspecified atom stereocenters. The van der Waals surface area contributed by atoms with Gasteiger partial charge in [-0.3, -0.25) is 14.5 Å². The average molecular weight is 413 g/mol. The maximum absolute atomic E-state index is 13.0. The molecule has 0 radical (unpaired) electrons. The van der Waals surface area contributed by atoms with Crippen LogP contribution in [0.25, 0.3) is 0 Å². The van der Waals surface area contributed by atoms with Crippen molar-refractivity contribution in [3.63, 3.8) is 0 Å². The molecule has 1 aliphatic heterocycles. The molecule has 1 fully saturated rings. The number of carbonyl (C=O) groups excluding carboxylic acids is 2. The average Bonchev–Trinajstić information content (AvgIpc) is 2.70. The van der Waals surface area contributed by atoms with Gasteiger partial charge in [-0.2, -0.15) is 0 Å². The first-order valence-corrected chi connectivity index (χ1v) is 9.58. The van der Waals surface area contributed by atoms with Gasteiger partial charge in [-0.25, -0.2) is 8.78 Å². The van der Waals surface area contributed by atoms with Gasteiger partial charge in [-0.1, -0.05) is 13.8 Å². The topological polar surface area (TPSA) is 71.1 Å². The Balaban J connectivity index is 2.06. The van der Waals surface area contributed by atoms with Gasteiger partial charge >= 0.3 is 0 Å². The summed E-state index contributed by atoms with van der Waals surface area (Å²) in [4.78, 5) is 29.0. The minimum absolute atomic E-state index is 0.141. The van der Waals surface area contributed by atoms with Crippen molar-refractivity contribution in [1.29, 1.82) is 0 Å². The van der Waals surface area contributed by atoms with Crippen LogP contribution in [0, 0.1) is 5.92 Å².